The summed E-state index contributed by atoms with van der Waals surface area (Å²) in [6.45, 7) is 0. The summed E-state index contributed by atoms with van der Waals surface area (Å²) in [6.07, 6.45) is -0.324. The number of halogens is 2. The second-order valence-electron chi connectivity index (χ2n) is 7.72. The number of nitrogens with zero attached hydrogens (tertiary/aromatic N) is 2. The molecule has 184 valence electrons. The fourth-order valence-corrected chi connectivity index (χ4v) is 4.26. The zero-order chi connectivity index (χ0) is 25.8. The van der Waals surface area contributed by atoms with Gasteiger partial charge in [0.15, 0.2) is 0 Å². The number of carbonyl (C=O) groups is 3. The van der Waals surface area contributed by atoms with Crippen molar-refractivity contribution in [2.75, 3.05) is 17.3 Å². The van der Waals surface area contributed by atoms with Crippen LogP contribution in [0.15, 0.2) is 77.3 Å². The van der Waals surface area contributed by atoms with Gasteiger partial charge in [0.1, 0.15) is 17.6 Å². The van der Waals surface area contributed by atoms with E-state index in [4.69, 9.17) is 17.0 Å². The van der Waals surface area contributed by atoms with E-state index in [-0.39, 0.29) is 11.5 Å². The molecule has 1 aliphatic heterocycles. The van der Waals surface area contributed by atoms with Crippen LogP contribution in [-0.2, 0) is 9.59 Å². The summed E-state index contributed by atoms with van der Waals surface area (Å²) < 4.78 is 19.5. The summed E-state index contributed by atoms with van der Waals surface area (Å²) in [7, 11) is 1.48. The summed E-state index contributed by atoms with van der Waals surface area (Å²) in [5.74, 6) is -1.59. The van der Waals surface area contributed by atoms with Crippen molar-refractivity contribution in [2.24, 2.45) is 0 Å². The molecule has 0 saturated carbocycles. The molecule has 1 saturated heterocycles. The molecular weight excluding hydrogens is 551 g/mol. The van der Waals surface area contributed by atoms with Gasteiger partial charge < -0.3 is 10.1 Å². The number of hydrazine groups is 1. The smallest absolute Gasteiger partial charge is 0.269 e. The Hall–Kier alpha value is -3.83. The Morgan fingerprint density at radius 1 is 1.06 bits per heavy atom. The van der Waals surface area contributed by atoms with Crippen molar-refractivity contribution in [3.63, 3.8) is 0 Å². The van der Waals surface area contributed by atoms with E-state index in [0.29, 0.717) is 22.7 Å². The third-order valence-electron chi connectivity index (χ3n) is 5.39. The highest BCUT2D eigenvalue weighted by Gasteiger charge is 2.45. The van der Waals surface area contributed by atoms with Crippen LogP contribution in [0.4, 0.5) is 15.8 Å². The molecule has 1 fully saturated rings. The Balaban J connectivity index is 1.61. The van der Waals surface area contributed by atoms with Crippen LogP contribution in [0.1, 0.15) is 16.8 Å². The van der Waals surface area contributed by atoms with E-state index in [1.807, 2.05) is 0 Å². The number of rotatable bonds is 7. The lowest BCUT2D eigenvalue weighted by molar-refractivity contribution is -0.124. The van der Waals surface area contributed by atoms with Gasteiger partial charge in [0.25, 0.3) is 11.8 Å². The number of carbonyl (C=O) groups excluding carboxylic acids is 3. The molecule has 1 aliphatic rings. The van der Waals surface area contributed by atoms with Crippen LogP contribution in [-0.4, -0.2) is 41.0 Å². The molecular formula is C25H20BrFN4O4S. The molecule has 0 spiro atoms. The Kier molecular flexibility index (Phi) is 7.61. The predicted molar refractivity (Wildman–Crippen MR) is 140 cm³/mol. The molecule has 1 atom stereocenters. The Labute approximate surface area is 220 Å². The molecule has 3 amide bonds. The third-order valence-corrected chi connectivity index (χ3v) is 6.30. The first-order chi connectivity index (χ1) is 17.3. The standard InChI is InChI=1S/C25H20BrFN4O4S/c1-35-21-5-3-2-4-19(21)28-22(32)14-20-24(34)30(18-12-10-17(27)11-13-18)25(36)31(20)29-23(33)15-6-8-16(26)9-7-15/h2-13,20H,14H2,1H3,(H,28,32)(H,29,33). The minimum atomic E-state index is -1.14. The predicted octanol–water partition coefficient (Wildman–Crippen LogP) is 4.27. The van der Waals surface area contributed by atoms with Crippen molar-refractivity contribution in [1.82, 2.24) is 10.4 Å². The van der Waals surface area contributed by atoms with Crippen LogP contribution >= 0.6 is 28.1 Å². The molecule has 0 radical (unpaired) electrons. The zero-order valence-corrected chi connectivity index (χ0v) is 21.3. The van der Waals surface area contributed by atoms with Gasteiger partial charge in [0.2, 0.25) is 11.0 Å². The first kappa shape index (κ1) is 25.3. The van der Waals surface area contributed by atoms with Crippen LogP contribution in [0.2, 0.25) is 0 Å². The fraction of sp³-hybridized carbons (Fsp3) is 0.120. The first-order valence-electron chi connectivity index (χ1n) is 10.7. The second kappa shape index (κ2) is 10.8. The molecule has 0 aliphatic carbocycles. The summed E-state index contributed by atoms with van der Waals surface area (Å²) in [5.41, 5.74) is 3.71. The third kappa shape index (κ3) is 5.37. The van der Waals surface area contributed by atoms with Crippen molar-refractivity contribution in [2.45, 2.75) is 12.5 Å². The van der Waals surface area contributed by atoms with E-state index >= 15 is 0 Å². The molecule has 0 aromatic heterocycles. The number of thiocarbonyl (C=S) groups is 1. The Morgan fingerprint density at radius 2 is 1.72 bits per heavy atom. The van der Waals surface area contributed by atoms with Crippen molar-refractivity contribution < 1.29 is 23.5 Å². The van der Waals surface area contributed by atoms with Crippen molar-refractivity contribution in [1.29, 1.82) is 0 Å². The quantitative estimate of drug-likeness (QED) is 0.412. The normalized spacial score (nSPS) is 15.1. The first-order valence-corrected chi connectivity index (χ1v) is 11.9. The van der Waals surface area contributed by atoms with Crippen LogP contribution in [0.3, 0.4) is 0 Å². The largest absolute Gasteiger partial charge is 0.495 e. The van der Waals surface area contributed by atoms with Gasteiger partial charge in [0.05, 0.1) is 24.9 Å². The highest BCUT2D eigenvalue weighted by atomic mass is 79.9. The van der Waals surface area contributed by atoms with Gasteiger partial charge in [0, 0.05) is 10.0 Å². The fourth-order valence-electron chi connectivity index (χ4n) is 3.63. The molecule has 1 unspecified atom stereocenters. The molecule has 8 nitrogen and oxygen atoms in total. The molecule has 11 heteroatoms. The van der Waals surface area contributed by atoms with Crippen molar-refractivity contribution >= 4 is 62.4 Å². The molecule has 4 rings (SSSR count). The maximum absolute atomic E-state index is 13.5. The number of hydrogen-bond acceptors (Lipinski definition) is 5. The van der Waals surface area contributed by atoms with Gasteiger partial charge in [-0.2, -0.15) is 0 Å². The maximum atomic E-state index is 13.5. The average Bonchev–Trinajstić information content (AvgIpc) is 3.09. The second-order valence-corrected chi connectivity index (χ2v) is 9.00. The summed E-state index contributed by atoms with van der Waals surface area (Å²) >= 11 is 8.82. The van der Waals surface area contributed by atoms with Crippen molar-refractivity contribution in [3.05, 3.63) is 88.6 Å². The number of anilines is 2. The average molecular weight is 571 g/mol. The number of amides is 3. The highest BCUT2D eigenvalue weighted by Crippen LogP contribution is 2.28. The minimum absolute atomic E-state index is 0.0489. The number of methoxy groups -OCH3 is 1. The molecule has 2 N–H and O–H groups in total. The maximum Gasteiger partial charge on any atom is 0.269 e. The van der Waals surface area contributed by atoms with Gasteiger partial charge in [-0.05, 0) is 72.9 Å². The lowest BCUT2D eigenvalue weighted by Gasteiger charge is -2.24. The molecule has 1 heterocycles. The zero-order valence-electron chi connectivity index (χ0n) is 18.9. The summed E-state index contributed by atoms with van der Waals surface area (Å²) in [4.78, 5) is 40.5. The van der Waals surface area contributed by atoms with Gasteiger partial charge in [-0.15, -0.1) is 0 Å². The topological polar surface area (TPSA) is 91.0 Å². The van der Waals surface area contributed by atoms with Crippen LogP contribution in [0, 0.1) is 5.82 Å². The molecule has 3 aromatic carbocycles. The van der Waals surface area contributed by atoms with E-state index in [0.717, 1.165) is 9.37 Å². The van der Waals surface area contributed by atoms with E-state index in [1.165, 1.54) is 36.4 Å². The van der Waals surface area contributed by atoms with Gasteiger partial charge in [-0.1, -0.05) is 28.1 Å². The van der Waals surface area contributed by atoms with E-state index in [2.05, 4.69) is 26.7 Å². The van der Waals surface area contributed by atoms with Crippen molar-refractivity contribution in [3.8, 4) is 5.75 Å². The van der Waals surface area contributed by atoms with Crippen LogP contribution in [0.5, 0.6) is 5.75 Å². The summed E-state index contributed by atoms with van der Waals surface area (Å²) in [6, 6.07) is 17.5. The Morgan fingerprint density at radius 3 is 2.39 bits per heavy atom. The van der Waals surface area contributed by atoms with E-state index in [9.17, 15) is 18.8 Å². The van der Waals surface area contributed by atoms with E-state index < -0.39 is 29.6 Å². The molecule has 36 heavy (non-hydrogen) atoms. The monoisotopic (exact) mass is 570 g/mol. The van der Waals surface area contributed by atoms with E-state index in [1.54, 1.807) is 48.5 Å². The number of ether oxygens (including phenoxy) is 1. The number of benzene rings is 3. The lowest BCUT2D eigenvalue weighted by atomic mass is 10.1. The van der Waals surface area contributed by atoms with Gasteiger partial charge >= 0.3 is 0 Å². The van der Waals surface area contributed by atoms with Gasteiger partial charge in [-0.3, -0.25) is 24.7 Å². The van der Waals surface area contributed by atoms with Crippen LogP contribution in [0.25, 0.3) is 0 Å². The SMILES string of the molecule is COc1ccccc1NC(=O)CC1C(=O)N(c2ccc(F)cc2)C(=S)N1NC(=O)c1ccc(Br)cc1. The highest BCUT2D eigenvalue weighted by molar-refractivity contribution is 9.10. The molecule has 3 aromatic rings. The van der Waals surface area contributed by atoms with Gasteiger partial charge in [-0.25, -0.2) is 9.40 Å². The lowest BCUT2D eigenvalue weighted by Crippen LogP contribution is -2.49. The Bertz CT molecular complexity index is 1320. The number of hydrogen-bond donors (Lipinski definition) is 2. The number of para-hydroxylation sites is 2. The minimum Gasteiger partial charge on any atom is -0.495 e. The number of nitrogens with one attached hydrogen (secondary N) is 2. The van der Waals surface area contributed by atoms with Crippen LogP contribution < -0.4 is 20.4 Å². The summed E-state index contributed by atoms with van der Waals surface area (Å²) in [5, 5.41) is 3.86. The molecule has 0 bridgehead atoms.